The van der Waals surface area contributed by atoms with E-state index in [-0.39, 0.29) is 41.2 Å². The first-order valence-electron chi connectivity index (χ1n) is 13.9. The zero-order chi connectivity index (χ0) is 27.6. The highest BCUT2D eigenvalue weighted by atomic mass is 16.5. The van der Waals surface area contributed by atoms with E-state index in [1.54, 1.807) is 0 Å². The minimum absolute atomic E-state index is 0.0380. The third-order valence-electron chi connectivity index (χ3n) is 11.0. The fraction of sp³-hybridized carbons (Fsp3) is 0.667. The predicted octanol–water partition coefficient (Wildman–Crippen LogP) is 2.54. The number of hydrogen-bond acceptors (Lipinski definition) is 7. The van der Waals surface area contributed by atoms with Crippen LogP contribution in [0.4, 0.5) is 0 Å². The molecule has 1 aromatic carbocycles. The van der Waals surface area contributed by atoms with Crippen LogP contribution in [-0.2, 0) is 20.7 Å². The Kier molecular flexibility index (Phi) is 6.78. The van der Waals surface area contributed by atoms with Crippen molar-refractivity contribution in [1.29, 1.82) is 0 Å². The van der Waals surface area contributed by atoms with Crippen LogP contribution in [0.5, 0.6) is 0 Å². The van der Waals surface area contributed by atoms with Gasteiger partial charge in [0.25, 0.3) is 0 Å². The molecule has 0 aliphatic heterocycles. The molecule has 8 nitrogen and oxygen atoms in total. The van der Waals surface area contributed by atoms with Gasteiger partial charge in [-0.25, -0.2) is 4.79 Å². The topological polar surface area (TPSA) is 156 Å². The maximum absolute atomic E-state index is 12.7. The van der Waals surface area contributed by atoms with Gasteiger partial charge in [0.1, 0.15) is 6.10 Å². The quantitative estimate of drug-likeness (QED) is 0.296. The Morgan fingerprint density at radius 1 is 1.08 bits per heavy atom. The van der Waals surface area contributed by atoms with Crippen LogP contribution in [0, 0.1) is 28.6 Å². The van der Waals surface area contributed by atoms with Gasteiger partial charge in [-0.05, 0) is 72.3 Å². The molecule has 8 heteroatoms. The fourth-order valence-electron chi connectivity index (χ4n) is 9.31. The Balaban J connectivity index is 1.63. The van der Waals surface area contributed by atoms with Crippen LogP contribution in [0.3, 0.4) is 0 Å². The average molecular weight is 527 g/mol. The van der Waals surface area contributed by atoms with Crippen molar-refractivity contribution >= 4 is 11.9 Å². The molecule has 0 heterocycles. The van der Waals surface area contributed by atoms with Gasteiger partial charge in [-0.1, -0.05) is 44.2 Å². The van der Waals surface area contributed by atoms with Crippen LogP contribution in [0.15, 0.2) is 41.5 Å². The summed E-state index contributed by atoms with van der Waals surface area (Å²) in [4.78, 5) is 24.9. The summed E-state index contributed by atoms with van der Waals surface area (Å²) in [5.41, 5.74) is 13.8. The van der Waals surface area contributed by atoms with E-state index in [1.807, 2.05) is 30.3 Å². The predicted molar refractivity (Wildman–Crippen MR) is 142 cm³/mol. The van der Waals surface area contributed by atoms with Crippen LogP contribution in [0.25, 0.3) is 0 Å². The number of hydrogen-bond donors (Lipinski definition) is 5. The highest BCUT2D eigenvalue weighted by molar-refractivity contribution is 5.89. The number of fused-ring (bicyclic) bond motifs is 5. The largest absolute Gasteiger partial charge is 0.478 e. The maximum atomic E-state index is 12.7. The molecule has 38 heavy (non-hydrogen) atoms. The summed E-state index contributed by atoms with van der Waals surface area (Å²) in [6.45, 7) is 5.61. The highest BCUT2D eigenvalue weighted by Crippen LogP contribution is 2.69. The smallest absolute Gasteiger partial charge is 0.332 e. The van der Waals surface area contributed by atoms with E-state index in [0.29, 0.717) is 31.3 Å². The monoisotopic (exact) mass is 526 g/mol. The van der Waals surface area contributed by atoms with Crippen molar-refractivity contribution in [1.82, 2.24) is 0 Å². The second-order valence-electron chi connectivity index (χ2n) is 12.8. The Hall–Kier alpha value is -2.26. The number of carboxylic acids is 1. The number of aliphatic carboxylic acids is 1. The van der Waals surface area contributed by atoms with Gasteiger partial charge < -0.3 is 31.5 Å². The minimum Gasteiger partial charge on any atom is -0.478 e. The molecule has 4 aliphatic rings. The molecular formula is C30H42N2O6. The third kappa shape index (κ3) is 3.95. The molecule has 208 valence electrons. The minimum atomic E-state index is -1.05. The van der Waals surface area contributed by atoms with E-state index >= 15 is 0 Å². The van der Waals surface area contributed by atoms with Gasteiger partial charge in [0, 0.05) is 36.4 Å². The number of aliphatic hydroxyl groups excluding tert-OH is 2. The van der Waals surface area contributed by atoms with Crippen LogP contribution in [0.2, 0.25) is 0 Å². The zero-order valence-corrected chi connectivity index (χ0v) is 22.6. The average Bonchev–Trinajstić information content (AvgIpc) is 3.12. The van der Waals surface area contributed by atoms with E-state index in [1.165, 1.54) is 6.92 Å². The first-order chi connectivity index (χ1) is 17.8. The fourth-order valence-corrected chi connectivity index (χ4v) is 9.31. The van der Waals surface area contributed by atoms with Gasteiger partial charge in [-0.3, -0.25) is 4.79 Å². The van der Waals surface area contributed by atoms with E-state index in [4.69, 9.17) is 16.2 Å². The van der Waals surface area contributed by atoms with Crippen LogP contribution >= 0.6 is 0 Å². The van der Waals surface area contributed by atoms with Crippen molar-refractivity contribution in [3.8, 4) is 0 Å². The van der Waals surface area contributed by atoms with Gasteiger partial charge in [-0.15, -0.1) is 0 Å². The number of carbonyl (C=O) groups excluding carboxylic acids is 1. The first-order valence-corrected chi connectivity index (χ1v) is 13.9. The number of carboxylic acid groups (broad SMARTS) is 1. The molecule has 0 radical (unpaired) electrons. The summed E-state index contributed by atoms with van der Waals surface area (Å²) >= 11 is 0. The van der Waals surface area contributed by atoms with E-state index in [0.717, 1.165) is 18.4 Å². The summed E-state index contributed by atoms with van der Waals surface area (Å²) < 4.78 is 5.82. The summed E-state index contributed by atoms with van der Waals surface area (Å²) in [5.74, 6) is -2.09. The highest BCUT2D eigenvalue weighted by Gasteiger charge is 2.71. The number of carbonyl (C=O) groups is 2. The van der Waals surface area contributed by atoms with Crippen LogP contribution in [-0.4, -0.2) is 57.2 Å². The molecular weight excluding hydrogens is 484 g/mol. The number of benzene rings is 1. The van der Waals surface area contributed by atoms with Gasteiger partial charge in [-0.2, -0.15) is 0 Å². The second-order valence-corrected chi connectivity index (χ2v) is 12.8. The van der Waals surface area contributed by atoms with Gasteiger partial charge in [0.2, 0.25) is 0 Å². The molecule has 0 spiro atoms. The van der Waals surface area contributed by atoms with Crippen LogP contribution < -0.4 is 11.5 Å². The van der Waals surface area contributed by atoms with Gasteiger partial charge in [0.15, 0.2) is 0 Å². The zero-order valence-electron chi connectivity index (χ0n) is 22.6. The maximum Gasteiger partial charge on any atom is 0.332 e. The Bertz CT molecular complexity index is 1140. The molecule has 0 aromatic heterocycles. The summed E-state index contributed by atoms with van der Waals surface area (Å²) in [6, 6.07) is 9.03. The molecule has 4 fully saturated rings. The van der Waals surface area contributed by atoms with Crippen molar-refractivity contribution in [2.45, 2.75) is 95.6 Å². The lowest BCUT2D eigenvalue weighted by molar-refractivity contribution is -0.193. The lowest BCUT2D eigenvalue weighted by Gasteiger charge is -2.68. The molecule has 10 atom stereocenters. The number of ether oxygens (including phenoxy) is 1. The van der Waals surface area contributed by atoms with Crippen molar-refractivity contribution in [2.75, 3.05) is 0 Å². The Morgan fingerprint density at radius 2 is 1.76 bits per heavy atom. The van der Waals surface area contributed by atoms with Gasteiger partial charge >= 0.3 is 11.9 Å². The molecule has 1 aromatic rings. The number of nitrogens with two attached hydrogens (primary N) is 2. The molecule has 1 unspecified atom stereocenters. The summed E-state index contributed by atoms with van der Waals surface area (Å²) in [6.07, 6.45) is 1.51. The number of rotatable bonds is 4. The SMILES string of the molecule is CC(=O)O[C@H]1C[C@@]2(C)C(C[C@@H](O)[C@H]3[C@@]4(C)CC[C@@H](O)[C@@H](N)[C@@H]4CC[C@@]32N)/C1=C(\Cc1ccccc1)C(=O)O. The molecule has 0 bridgehead atoms. The lowest BCUT2D eigenvalue weighted by Crippen LogP contribution is -2.75. The summed E-state index contributed by atoms with van der Waals surface area (Å²) in [7, 11) is 0. The van der Waals surface area contributed by atoms with Gasteiger partial charge in [0.05, 0.1) is 12.2 Å². The van der Waals surface area contributed by atoms with E-state index < -0.39 is 41.2 Å². The Morgan fingerprint density at radius 3 is 2.39 bits per heavy atom. The molecule has 4 aliphatic carbocycles. The second kappa shape index (κ2) is 9.44. The van der Waals surface area contributed by atoms with E-state index in [2.05, 4.69) is 13.8 Å². The summed E-state index contributed by atoms with van der Waals surface area (Å²) in [5, 5.41) is 32.7. The first kappa shape index (κ1) is 27.3. The number of aliphatic hydroxyl groups is 2. The normalized spacial score (nSPS) is 45.4. The molecule has 7 N–H and O–H groups in total. The Labute approximate surface area is 224 Å². The molecule has 0 saturated heterocycles. The van der Waals surface area contributed by atoms with Crippen molar-refractivity contribution in [3.63, 3.8) is 0 Å². The standard InChI is InChI=1S/C30H42N2O6/c1-16(33)38-23-15-29(3)20(24(23)18(27(36)37)13-17-7-5-4-6-8-17)14-22(35)26-28(2)11-10-21(34)25(31)19(28)9-12-30(26,29)32/h4-8,19-23,25-26,34-35H,9-15,31-32H2,1-3H3,(H,36,37)/b24-18-/t19-,20?,21+,22+,23-,25-,26-,28-,29-,30+/m0/s1. The number of esters is 1. The molecule has 4 saturated carbocycles. The van der Waals surface area contributed by atoms with Crippen molar-refractivity contribution < 1.29 is 29.6 Å². The van der Waals surface area contributed by atoms with Crippen molar-refractivity contribution in [2.24, 2.45) is 40.1 Å². The van der Waals surface area contributed by atoms with E-state index in [9.17, 15) is 24.9 Å². The molecule has 5 rings (SSSR count). The molecule has 0 amide bonds. The lowest BCUT2D eigenvalue weighted by atomic mass is 9.39. The van der Waals surface area contributed by atoms with Crippen molar-refractivity contribution in [3.05, 3.63) is 47.0 Å². The van der Waals surface area contributed by atoms with Crippen LogP contribution in [0.1, 0.15) is 64.9 Å². The third-order valence-corrected chi connectivity index (χ3v) is 11.0.